The van der Waals surface area contributed by atoms with Crippen LogP contribution in [0.15, 0.2) is 42.6 Å². The number of esters is 1. The monoisotopic (exact) mass is 420 g/mol. The predicted octanol–water partition coefficient (Wildman–Crippen LogP) is 4.35. The third-order valence-electron chi connectivity index (χ3n) is 4.74. The van der Waals surface area contributed by atoms with Crippen molar-refractivity contribution in [1.29, 1.82) is 0 Å². The Hall–Kier alpha value is -3.52. The summed E-state index contributed by atoms with van der Waals surface area (Å²) in [5.74, 6) is -0.802. The molecule has 0 unspecified atom stereocenters. The lowest BCUT2D eigenvalue weighted by Crippen LogP contribution is -2.14. The number of nitrogens with one attached hydrogen (secondary N) is 1. The van der Waals surface area contributed by atoms with Gasteiger partial charge in [0.15, 0.2) is 0 Å². The van der Waals surface area contributed by atoms with Crippen LogP contribution in [0.1, 0.15) is 31.3 Å². The van der Waals surface area contributed by atoms with Crippen LogP contribution in [0.25, 0.3) is 22.2 Å². The van der Waals surface area contributed by atoms with Crippen LogP contribution in [0, 0.1) is 13.8 Å². The zero-order valence-corrected chi connectivity index (χ0v) is 17.8. The fraction of sp³-hybridized carbons (Fsp3) is 0.182. The minimum absolute atomic E-state index is 0.316. The van der Waals surface area contributed by atoms with E-state index in [1.807, 2.05) is 51.4 Å². The van der Waals surface area contributed by atoms with Crippen LogP contribution in [0.3, 0.4) is 0 Å². The van der Waals surface area contributed by atoms with Crippen LogP contribution in [0.5, 0.6) is 0 Å². The number of pyridine rings is 1. The largest absolute Gasteiger partial charge is 0.465 e. The molecule has 0 aliphatic rings. The van der Waals surface area contributed by atoms with Crippen molar-refractivity contribution in [1.82, 2.24) is 14.8 Å². The molecule has 0 fully saturated rings. The summed E-state index contributed by atoms with van der Waals surface area (Å²) in [6.07, 6.45) is 1.88. The first kappa shape index (κ1) is 19.8. The van der Waals surface area contributed by atoms with E-state index in [-0.39, 0.29) is 5.91 Å². The Balaban J connectivity index is 1.81. The molecule has 0 bridgehead atoms. The minimum atomic E-state index is -0.485. The first-order valence-corrected chi connectivity index (χ1v) is 10.1. The van der Waals surface area contributed by atoms with Gasteiger partial charge in [0.25, 0.3) is 5.91 Å². The van der Waals surface area contributed by atoms with Crippen LogP contribution in [-0.2, 0) is 11.8 Å². The van der Waals surface area contributed by atoms with Gasteiger partial charge >= 0.3 is 5.97 Å². The van der Waals surface area contributed by atoms with Crippen molar-refractivity contribution in [2.75, 3.05) is 12.4 Å². The standard InChI is InChI=1S/C22H20N4O3S/c1-12-9-16(22(28)29-4)21(30-12)24-20(27)15-10-19(17-11-26(3)25-13(17)2)23-18-8-6-5-7-14(15)18/h5-11H,1-4H3,(H,24,27). The van der Waals surface area contributed by atoms with Gasteiger partial charge in [0.2, 0.25) is 0 Å². The number of methoxy groups -OCH3 is 1. The summed E-state index contributed by atoms with van der Waals surface area (Å²) in [5.41, 5.74) is 3.88. The number of aryl methyl sites for hydroxylation is 3. The number of ether oxygens (including phenoxy) is 1. The van der Waals surface area contributed by atoms with Crippen molar-refractivity contribution in [3.05, 3.63) is 64.3 Å². The first-order valence-electron chi connectivity index (χ1n) is 9.28. The molecule has 3 heterocycles. The second-order valence-corrected chi connectivity index (χ2v) is 8.18. The van der Waals surface area contributed by atoms with E-state index in [0.717, 1.165) is 21.5 Å². The van der Waals surface area contributed by atoms with Gasteiger partial charge in [-0.15, -0.1) is 11.3 Å². The fourth-order valence-corrected chi connectivity index (χ4v) is 4.29. The Bertz CT molecular complexity index is 1290. The number of thiophene rings is 1. The number of benzene rings is 1. The summed E-state index contributed by atoms with van der Waals surface area (Å²) in [6, 6.07) is 11.0. The van der Waals surface area contributed by atoms with Crippen LogP contribution in [0.2, 0.25) is 0 Å². The van der Waals surface area contributed by atoms with Crippen LogP contribution < -0.4 is 5.32 Å². The van der Waals surface area contributed by atoms with Gasteiger partial charge in [-0.05, 0) is 32.0 Å². The molecule has 0 aliphatic carbocycles. The van der Waals surface area contributed by atoms with E-state index in [0.29, 0.717) is 27.3 Å². The molecule has 0 saturated carbocycles. The normalized spacial score (nSPS) is 10.9. The molecule has 1 aromatic carbocycles. The highest BCUT2D eigenvalue weighted by atomic mass is 32.1. The van der Waals surface area contributed by atoms with E-state index >= 15 is 0 Å². The molecule has 7 nitrogen and oxygen atoms in total. The zero-order chi connectivity index (χ0) is 21.4. The Morgan fingerprint density at radius 2 is 1.90 bits per heavy atom. The van der Waals surface area contributed by atoms with E-state index in [1.165, 1.54) is 18.4 Å². The second kappa shape index (κ2) is 7.72. The van der Waals surface area contributed by atoms with Gasteiger partial charge in [-0.25, -0.2) is 9.78 Å². The van der Waals surface area contributed by atoms with Crippen LogP contribution >= 0.6 is 11.3 Å². The number of anilines is 1. The average Bonchev–Trinajstić information content (AvgIpc) is 3.27. The number of amides is 1. The molecule has 4 rings (SSSR count). The lowest BCUT2D eigenvalue weighted by molar-refractivity contribution is 0.0602. The lowest BCUT2D eigenvalue weighted by Gasteiger charge is -2.10. The molecule has 0 atom stereocenters. The summed E-state index contributed by atoms with van der Waals surface area (Å²) in [7, 11) is 3.17. The average molecular weight is 420 g/mol. The Kier molecular flexibility index (Phi) is 5.09. The number of carbonyl (C=O) groups is 2. The molecule has 1 amide bonds. The molecule has 0 saturated heterocycles. The maximum absolute atomic E-state index is 13.3. The molecule has 0 radical (unpaired) electrons. The van der Waals surface area contributed by atoms with Crippen molar-refractivity contribution in [3.63, 3.8) is 0 Å². The quantitative estimate of drug-likeness (QED) is 0.496. The van der Waals surface area contributed by atoms with Gasteiger partial charge in [0.1, 0.15) is 5.00 Å². The van der Waals surface area contributed by atoms with Gasteiger partial charge in [-0.3, -0.25) is 9.48 Å². The van der Waals surface area contributed by atoms with Gasteiger partial charge < -0.3 is 10.1 Å². The molecule has 1 N–H and O–H groups in total. The highest BCUT2D eigenvalue weighted by molar-refractivity contribution is 7.16. The molecule has 0 aliphatic heterocycles. The molecular formula is C22H20N4O3S. The summed E-state index contributed by atoms with van der Waals surface area (Å²) < 4.78 is 6.56. The number of fused-ring (bicyclic) bond motifs is 1. The zero-order valence-electron chi connectivity index (χ0n) is 17.0. The van der Waals surface area contributed by atoms with E-state index in [4.69, 9.17) is 9.72 Å². The number of hydrogen-bond donors (Lipinski definition) is 1. The number of carbonyl (C=O) groups excluding carboxylic acids is 2. The van der Waals surface area contributed by atoms with Crippen molar-refractivity contribution >= 4 is 39.1 Å². The van der Waals surface area contributed by atoms with E-state index in [1.54, 1.807) is 16.8 Å². The van der Waals surface area contributed by atoms with Crippen LogP contribution in [0.4, 0.5) is 5.00 Å². The number of nitrogens with zero attached hydrogens (tertiary/aromatic N) is 3. The fourth-order valence-electron chi connectivity index (χ4n) is 3.39. The second-order valence-electron chi connectivity index (χ2n) is 6.92. The van der Waals surface area contributed by atoms with Gasteiger partial charge in [0, 0.05) is 29.1 Å². The van der Waals surface area contributed by atoms with E-state index in [9.17, 15) is 9.59 Å². The molecule has 3 aromatic heterocycles. The molecule has 30 heavy (non-hydrogen) atoms. The number of aromatic nitrogens is 3. The predicted molar refractivity (Wildman–Crippen MR) is 117 cm³/mol. The third-order valence-corrected chi connectivity index (χ3v) is 5.70. The molecule has 152 valence electrons. The molecule has 4 aromatic rings. The Labute approximate surface area is 177 Å². The van der Waals surface area contributed by atoms with Crippen molar-refractivity contribution in [2.45, 2.75) is 13.8 Å². The highest BCUT2D eigenvalue weighted by Gasteiger charge is 2.21. The van der Waals surface area contributed by atoms with E-state index < -0.39 is 5.97 Å². The van der Waals surface area contributed by atoms with Crippen molar-refractivity contribution in [3.8, 4) is 11.3 Å². The molecule has 0 spiro atoms. The number of hydrogen-bond acceptors (Lipinski definition) is 6. The first-order chi connectivity index (χ1) is 14.4. The highest BCUT2D eigenvalue weighted by Crippen LogP contribution is 2.31. The smallest absolute Gasteiger partial charge is 0.340 e. The maximum Gasteiger partial charge on any atom is 0.340 e. The Morgan fingerprint density at radius 3 is 2.60 bits per heavy atom. The molecular weight excluding hydrogens is 400 g/mol. The maximum atomic E-state index is 13.3. The molecule has 8 heteroatoms. The van der Waals surface area contributed by atoms with Gasteiger partial charge in [-0.1, -0.05) is 18.2 Å². The van der Waals surface area contributed by atoms with E-state index in [2.05, 4.69) is 10.4 Å². The lowest BCUT2D eigenvalue weighted by atomic mass is 10.0. The van der Waals surface area contributed by atoms with Gasteiger partial charge in [-0.2, -0.15) is 5.10 Å². The Morgan fingerprint density at radius 1 is 1.13 bits per heavy atom. The van der Waals surface area contributed by atoms with Crippen LogP contribution in [-0.4, -0.2) is 33.8 Å². The minimum Gasteiger partial charge on any atom is -0.465 e. The summed E-state index contributed by atoms with van der Waals surface area (Å²) >= 11 is 1.33. The van der Waals surface area contributed by atoms with Crippen molar-refractivity contribution < 1.29 is 14.3 Å². The summed E-state index contributed by atoms with van der Waals surface area (Å²) in [4.78, 5) is 31.0. The number of rotatable bonds is 4. The van der Waals surface area contributed by atoms with Gasteiger partial charge in [0.05, 0.1) is 35.1 Å². The summed E-state index contributed by atoms with van der Waals surface area (Å²) in [5, 5.41) is 8.46. The SMILES string of the molecule is COC(=O)c1cc(C)sc1NC(=O)c1cc(-c2cn(C)nc2C)nc2ccccc12. The van der Waals surface area contributed by atoms with Crippen molar-refractivity contribution in [2.24, 2.45) is 7.05 Å². The summed E-state index contributed by atoms with van der Waals surface area (Å²) in [6.45, 7) is 3.78. The third kappa shape index (κ3) is 3.57. The topological polar surface area (TPSA) is 86.1 Å². The number of para-hydroxylation sites is 1.